The Morgan fingerprint density at radius 1 is 1.14 bits per heavy atom. The summed E-state index contributed by atoms with van der Waals surface area (Å²) in [5.41, 5.74) is 0.211. The van der Waals surface area contributed by atoms with Crippen molar-refractivity contribution in [3.63, 3.8) is 0 Å². The van der Waals surface area contributed by atoms with Gasteiger partial charge in [0.2, 0.25) is 0 Å². The second-order valence-corrected chi connectivity index (χ2v) is 8.63. The van der Waals surface area contributed by atoms with Crippen molar-refractivity contribution in [1.29, 1.82) is 0 Å². The van der Waals surface area contributed by atoms with Crippen LogP contribution in [0.1, 0.15) is 60.8 Å². The van der Waals surface area contributed by atoms with E-state index in [0.717, 1.165) is 12.6 Å². The first-order valence-corrected chi connectivity index (χ1v) is 9.03. The van der Waals surface area contributed by atoms with Gasteiger partial charge in [-0.1, -0.05) is 20.3 Å². The maximum absolute atomic E-state index is 3.74. The quantitative estimate of drug-likeness (QED) is 0.860. The maximum atomic E-state index is 3.74. The SMILES string of the molecule is CC(C)C(CNC(C)(C)C)N1CC2CCCCN2CC1C. The van der Waals surface area contributed by atoms with Crippen molar-refractivity contribution in [1.82, 2.24) is 15.1 Å². The van der Waals surface area contributed by atoms with Gasteiger partial charge in [0.05, 0.1) is 0 Å². The van der Waals surface area contributed by atoms with Crippen LogP contribution in [0.25, 0.3) is 0 Å². The summed E-state index contributed by atoms with van der Waals surface area (Å²) in [5, 5.41) is 3.74. The van der Waals surface area contributed by atoms with Gasteiger partial charge in [0.1, 0.15) is 0 Å². The number of hydrogen-bond donors (Lipinski definition) is 1. The highest BCUT2D eigenvalue weighted by atomic mass is 15.3. The van der Waals surface area contributed by atoms with Crippen LogP contribution < -0.4 is 5.32 Å². The number of piperidine rings is 1. The average Bonchev–Trinajstić information content (AvgIpc) is 2.37. The molecule has 0 aromatic rings. The fourth-order valence-corrected chi connectivity index (χ4v) is 3.98. The zero-order chi connectivity index (χ0) is 15.6. The van der Waals surface area contributed by atoms with E-state index < -0.39 is 0 Å². The van der Waals surface area contributed by atoms with Crippen molar-refractivity contribution < 1.29 is 0 Å². The molecule has 0 amide bonds. The number of fused-ring (bicyclic) bond motifs is 1. The van der Waals surface area contributed by atoms with Crippen molar-refractivity contribution in [2.45, 2.75) is 84.5 Å². The van der Waals surface area contributed by atoms with Crippen molar-refractivity contribution in [2.75, 3.05) is 26.2 Å². The predicted molar refractivity (Wildman–Crippen MR) is 91.8 cm³/mol. The molecule has 3 nitrogen and oxygen atoms in total. The Morgan fingerprint density at radius 3 is 2.48 bits per heavy atom. The summed E-state index contributed by atoms with van der Waals surface area (Å²) in [7, 11) is 0. The standard InChI is InChI=1S/C18H37N3/c1-14(2)17(11-19-18(4,5)6)21-13-16-9-7-8-10-20(16)12-15(21)3/h14-17,19H,7-13H2,1-6H3. The molecule has 0 aliphatic carbocycles. The van der Waals surface area contributed by atoms with Crippen molar-refractivity contribution in [3.05, 3.63) is 0 Å². The Kier molecular flexibility index (Phi) is 5.72. The number of nitrogens with zero attached hydrogens (tertiary/aromatic N) is 2. The highest BCUT2D eigenvalue weighted by Crippen LogP contribution is 2.27. The first-order valence-electron chi connectivity index (χ1n) is 9.03. The Hall–Kier alpha value is -0.120. The van der Waals surface area contributed by atoms with Gasteiger partial charge in [-0.15, -0.1) is 0 Å². The fraction of sp³-hybridized carbons (Fsp3) is 1.00. The van der Waals surface area contributed by atoms with E-state index in [2.05, 4.69) is 56.7 Å². The van der Waals surface area contributed by atoms with Crippen molar-refractivity contribution >= 4 is 0 Å². The Bertz CT molecular complexity index is 321. The zero-order valence-electron chi connectivity index (χ0n) is 15.2. The first kappa shape index (κ1) is 17.2. The van der Waals surface area contributed by atoms with E-state index in [1.807, 2.05) is 0 Å². The van der Waals surface area contributed by atoms with Gasteiger partial charge in [0.25, 0.3) is 0 Å². The third-order valence-electron chi connectivity index (χ3n) is 5.27. The van der Waals surface area contributed by atoms with E-state index in [4.69, 9.17) is 0 Å². The van der Waals surface area contributed by atoms with Crippen LogP contribution in [-0.2, 0) is 0 Å². The van der Waals surface area contributed by atoms with E-state index in [9.17, 15) is 0 Å². The van der Waals surface area contributed by atoms with Crippen LogP contribution in [0.3, 0.4) is 0 Å². The molecule has 2 aliphatic rings. The normalized spacial score (nSPS) is 30.4. The molecule has 2 aliphatic heterocycles. The van der Waals surface area contributed by atoms with Gasteiger partial charge in [-0.3, -0.25) is 9.80 Å². The highest BCUT2D eigenvalue weighted by molar-refractivity contribution is 4.93. The van der Waals surface area contributed by atoms with E-state index in [1.54, 1.807) is 0 Å². The molecule has 21 heavy (non-hydrogen) atoms. The van der Waals surface area contributed by atoms with Crippen LogP contribution in [-0.4, -0.2) is 59.6 Å². The molecule has 3 unspecified atom stereocenters. The van der Waals surface area contributed by atoms with Crippen LogP contribution in [0, 0.1) is 5.92 Å². The summed E-state index contributed by atoms with van der Waals surface area (Å²) in [6.45, 7) is 19.0. The lowest BCUT2D eigenvalue weighted by molar-refractivity contribution is -0.0192. The number of rotatable bonds is 4. The van der Waals surface area contributed by atoms with E-state index >= 15 is 0 Å². The van der Waals surface area contributed by atoms with Gasteiger partial charge >= 0.3 is 0 Å². The maximum Gasteiger partial charge on any atom is 0.0247 e. The Morgan fingerprint density at radius 2 is 1.86 bits per heavy atom. The lowest BCUT2D eigenvalue weighted by Crippen LogP contribution is -2.63. The second-order valence-electron chi connectivity index (χ2n) is 8.63. The summed E-state index contributed by atoms with van der Waals surface area (Å²) >= 11 is 0. The summed E-state index contributed by atoms with van der Waals surface area (Å²) in [6, 6.07) is 2.16. The lowest BCUT2D eigenvalue weighted by atomic mass is 9.92. The monoisotopic (exact) mass is 295 g/mol. The van der Waals surface area contributed by atoms with Crippen molar-refractivity contribution in [3.8, 4) is 0 Å². The van der Waals surface area contributed by atoms with Gasteiger partial charge in [-0.25, -0.2) is 0 Å². The molecule has 2 fully saturated rings. The van der Waals surface area contributed by atoms with E-state index in [1.165, 1.54) is 38.9 Å². The summed E-state index contributed by atoms with van der Waals surface area (Å²) < 4.78 is 0. The minimum atomic E-state index is 0.211. The number of hydrogen-bond acceptors (Lipinski definition) is 3. The van der Waals surface area contributed by atoms with Gasteiger partial charge < -0.3 is 5.32 Å². The minimum absolute atomic E-state index is 0.211. The van der Waals surface area contributed by atoms with Crippen molar-refractivity contribution in [2.24, 2.45) is 5.92 Å². The zero-order valence-corrected chi connectivity index (χ0v) is 15.2. The smallest absolute Gasteiger partial charge is 0.0247 e. The molecule has 2 heterocycles. The highest BCUT2D eigenvalue weighted by Gasteiger charge is 2.37. The molecule has 0 aromatic carbocycles. The topological polar surface area (TPSA) is 18.5 Å². The third kappa shape index (κ3) is 4.67. The average molecular weight is 296 g/mol. The largest absolute Gasteiger partial charge is 0.311 e. The summed E-state index contributed by atoms with van der Waals surface area (Å²) in [5.74, 6) is 0.706. The van der Waals surface area contributed by atoms with E-state index in [0.29, 0.717) is 18.0 Å². The fourth-order valence-electron chi connectivity index (χ4n) is 3.98. The minimum Gasteiger partial charge on any atom is -0.311 e. The van der Waals surface area contributed by atoms with Gasteiger partial charge in [0, 0.05) is 43.3 Å². The predicted octanol–water partition coefficient (Wildman–Crippen LogP) is 2.96. The molecule has 2 saturated heterocycles. The van der Waals surface area contributed by atoms with Crippen LogP contribution in [0.2, 0.25) is 0 Å². The molecular formula is C18H37N3. The summed E-state index contributed by atoms with van der Waals surface area (Å²) in [6.07, 6.45) is 4.24. The molecule has 0 bridgehead atoms. The molecule has 0 spiro atoms. The molecule has 3 heteroatoms. The molecule has 1 N–H and O–H groups in total. The third-order valence-corrected chi connectivity index (χ3v) is 5.27. The van der Waals surface area contributed by atoms with Gasteiger partial charge in [0.15, 0.2) is 0 Å². The molecule has 124 valence electrons. The second kappa shape index (κ2) is 6.97. The molecular weight excluding hydrogens is 258 g/mol. The number of piperazine rings is 1. The van der Waals surface area contributed by atoms with Gasteiger partial charge in [-0.2, -0.15) is 0 Å². The lowest BCUT2D eigenvalue weighted by Gasteiger charge is -2.51. The van der Waals surface area contributed by atoms with Crippen LogP contribution in [0.5, 0.6) is 0 Å². The first-order chi connectivity index (χ1) is 9.78. The Labute approximate surface area is 132 Å². The van der Waals surface area contributed by atoms with Gasteiger partial charge in [-0.05, 0) is 53.0 Å². The molecule has 2 rings (SSSR count). The number of nitrogens with one attached hydrogen (secondary N) is 1. The molecule has 0 aromatic heterocycles. The van der Waals surface area contributed by atoms with E-state index in [-0.39, 0.29) is 5.54 Å². The Balaban J connectivity index is 2.01. The van der Waals surface area contributed by atoms with Crippen LogP contribution in [0.4, 0.5) is 0 Å². The summed E-state index contributed by atoms with van der Waals surface area (Å²) in [4.78, 5) is 5.55. The van der Waals surface area contributed by atoms with Crippen LogP contribution >= 0.6 is 0 Å². The molecule has 3 atom stereocenters. The van der Waals surface area contributed by atoms with Crippen LogP contribution in [0.15, 0.2) is 0 Å². The molecule has 0 radical (unpaired) electrons. The molecule has 0 saturated carbocycles.